The molecule has 0 aromatic carbocycles. The maximum atomic E-state index is 11.2. The Morgan fingerprint density at radius 2 is 2.36 bits per heavy atom. The van der Waals surface area contributed by atoms with Crippen LogP contribution in [0.2, 0.25) is 0 Å². The average molecular weight is 217 g/mol. The lowest BCUT2D eigenvalue weighted by molar-refractivity contribution is -0.116. The van der Waals surface area contributed by atoms with E-state index in [4.69, 9.17) is 11.6 Å². The van der Waals surface area contributed by atoms with Gasteiger partial charge in [0.25, 0.3) is 0 Å². The first kappa shape index (κ1) is 11.0. The second kappa shape index (κ2) is 5.59. The predicted molar refractivity (Wildman–Crippen MR) is 54.3 cm³/mol. The van der Waals surface area contributed by atoms with Crippen LogP contribution in [0.15, 0.2) is 0 Å². The monoisotopic (exact) mass is 216 g/mol. The molecule has 1 amide bonds. The molecule has 6 heteroatoms. The molecule has 1 rings (SSSR count). The van der Waals surface area contributed by atoms with E-state index in [0.29, 0.717) is 24.1 Å². The van der Waals surface area contributed by atoms with Crippen molar-refractivity contribution >= 4 is 23.5 Å². The van der Waals surface area contributed by atoms with Crippen LogP contribution in [0.4, 0.5) is 5.95 Å². The van der Waals surface area contributed by atoms with Crippen LogP contribution in [0, 0.1) is 6.92 Å². The minimum Gasteiger partial charge on any atom is -0.293 e. The van der Waals surface area contributed by atoms with Gasteiger partial charge in [-0.05, 0) is 19.8 Å². The van der Waals surface area contributed by atoms with Crippen molar-refractivity contribution in [1.82, 2.24) is 15.2 Å². The summed E-state index contributed by atoms with van der Waals surface area (Å²) in [4.78, 5) is 15.2. The van der Waals surface area contributed by atoms with Gasteiger partial charge in [0.05, 0.1) is 0 Å². The highest BCUT2D eigenvalue weighted by Crippen LogP contribution is 2.01. The molecule has 1 heterocycles. The van der Waals surface area contributed by atoms with Gasteiger partial charge in [0.1, 0.15) is 5.82 Å². The normalized spacial score (nSPS) is 10.1. The summed E-state index contributed by atoms with van der Waals surface area (Å²) in [6.45, 7) is 1.77. The number of aromatic amines is 1. The van der Waals surface area contributed by atoms with Crippen molar-refractivity contribution in [1.29, 1.82) is 0 Å². The van der Waals surface area contributed by atoms with E-state index in [1.807, 2.05) is 0 Å². The zero-order valence-corrected chi connectivity index (χ0v) is 8.76. The number of carbonyl (C=O) groups excluding carboxylic acids is 1. The van der Waals surface area contributed by atoms with Crippen molar-refractivity contribution in [2.75, 3.05) is 11.2 Å². The quantitative estimate of drug-likeness (QED) is 0.578. The number of rotatable bonds is 5. The minimum atomic E-state index is -0.0749. The van der Waals surface area contributed by atoms with Crippen LogP contribution >= 0.6 is 11.6 Å². The topological polar surface area (TPSA) is 70.7 Å². The highest BCUT2D eigenvalue weighted by atomic mass is 35.5. The SMILES string of the molecule is Cc1nc(NC(=O)CCCCCl)n[nH]1. The van der Waals surface area contributed by atoms with Crippen molar-refractivity contribution < 1.29 is 4.79 Å². The second-order valence-corrected chi connectivity index (χ2v) is 3.32. The number of alkyl halides is 1. The van der Waals surface area contributed by atoms with Gasteiger partial charge in [0.2, 0.25) is 11.9 Å². The summed E-state index contributed by atoms with van der Waals surface area (Å²) in [6, 6.07) is 0. The molecule has 0 fully saturated rings. The molecule has 2 N–H and O–H groups in total. The third kappa shape index (κ3) is 3.74. The van der Waals surface area contributed by atoms with Gasteiger partial charge in [0.15, 0.2) is 0 Å². The summed E-state index contributed by atoms with van der Waals surface area (Å²) in [5.41, 5.74) is 0. The lowest BCUT2D eigenvalue weighted by Crippen LogP contribution is -2.12. The number of H-pyrrole nitrogens is 1. The van der Waals surface area contributed by atoms with E-state index in [0.717, 1.165) is 12.8 Å². The molecule has 1 aromatic rings. The van der Waals surface area contributed by atoms with Gasteiger partial charge in [0, 0.05) is 12.3 Å². The van der Waals surface area contributed by atoms with Crippen LogP contribution in [0.5, 0.6) is 0 Å². The number of amides is 1. The van der Waals surface area contributed by atoms with Crippen LogP contribution in [-0.4, -0.2) is 27.0 Å². The zero-order chi connectivity index (χ0) is 10.4. The van der Waals surface area contributed by atoms with Gasteiger partial charge in [-0.25, -0.2) is 0 Å². The third-order valence-corrected chi connectivity index (χ3v) is 1.90. The summed E-state index contributed by atoms with van der Waals surface area (Å²) < 4.78 is 0. The molecular formula is C8H13ClN4O. The van der Waals surface area contributed by atoms with Crippen LogP contribution in [0.3, 0.4) is 0 Å². The number of hydrogen-bond donors (Lipinski definition) is 2. The molecule has 0 aliphatic carbocycles. The Labute approximate surface area is 87.3 Å². The van der Waals surface area contributed by atoms with E-state index >= 15 is 0 Å². The fraction of sp³-hybridized carbons (Fsp3) is 0.625. The third-order valence-electron chi connectivity index (χ3n) is 1.64. The van der Waals surface area contributed by atoms with E-state index in [1.54, 1.807) is 6.92 Å². The average Bonchev–Trinajstić information content (AvgIpc) is 2.52. The Morgan fingerprint density at radius 3 is 2.93 bits per heavy atom. The van der Waals surface area contributed by atoms with E-state index in [1.165, 1.54) is 0 Å². The number of nitrogens with zero attached hydrogens (tertiary/aromatic N) is 2. The summed E-state index contributed by atoms with van der Waals surface area (Å²) in [7, 11) is 0. The Bertz CT molecular complexity index is 299. The maximum Gasteiger partial charge on any atom is 0.248 e. The molecule has 78 valence electrons. The van der Waals surface area contributed by atoms with Crippen LogP contribution < -0.4 is 5.32 Å². The van der Waals surface area contributed by atoms with Gasteiger partial charge >= 0.3 is 0 Å². The summed E-state index contributed by atoms with van der Waals surface area (Å²) in [5.74, 6) is 1.53. The number of anilines is 1. The number of hydrogen-bond acceptors (Lipinski definition) is 3. The van der Waals surface area contributed by atoms with Crippen LogP contribution in [-0.2, 0) is 4.79 Å². The first-order chi connectivity index (χ1) is 6.72. The van der Waals surface area contributed by atoms with Crippen molar-refractivity contribution in [3.8, 4) is 0 Å². The van der Waals surface area contributed by atoms with Crippen LogP contribution in [0.1, 0.15) is 25.1 Å². The maximum absolute atomic E-state index is 11.2. The van der Waals surface area contributed by atoms with E-state index in [-0.39, 0.29) is 5.91 Å². The molecule has 0 saturated heterocycles. The first-order valence-electron chi connectivity index (χ1n) is 4.47. The van der Waals surface area contributed by atoms with Crippen molar-refractivity contribution in [2.45, 2.75) is 26.2 Å². The molecule has 14 heavy (non-hydrogen) atoms. The molecule has 0 saturated carbocycles. The fourth-order valence-electron chi connectivity index (χ4n) is 0.966. The summed E-state index contributed by atoms with van der Waals surface area (Å²) in [5, 5.41) is 9.02. The number of carbonyl (C=O) groups is 1. The number of nitrogens with one attached hydrogen (secondary N) is 2. The predicted octanol–water partition coefficient (Wildman–Crippen LogP) is 1.46. The molecule has 1 aromatic heterocycles. The van der Waals surface area contributed by atoms with Crippen molar-refractivity contribution in [2.24, 2.45) is 0 Å². The molecule has 0 unspecified atom stereocenters. The number of unbranched alkanes of at least 4 members (excludes halogenated alkanes) is 1. The Morgan fingerprint density at radius 1 is 1.57 bits per heavy atom. The summed E-state index contributed by atoms with van der Waals surface area (Å²) in [6.07, 6.45) is 2.10. The first-order valence-corrected chi connectivity index (χ1v) is 5.00. The molecule has 0 spiro atoms. The molecular weight excluding hydrogens is 204 g/mol. The smallest absolute Gasteiger partial charge is 0.248 e. The second-order valence-electron chi connectivity index (χ2n) is 2.94. The minimum absolute atomic E-state index is 0.0749. The van der Waals surface area contributed by atoms with Crippen molar-refractivity contribution in [3.05, 3.63) is 5.82 Å². The van der Waals surface area contributed by atoms with E-state index in [9.17, 15) is 4.79 Å². The van der Waals surface area contributed by atoms with Gasteiger partial charge in [-0.1, -0.05) is 0 Å². The number of aromatic nitrogens is 3. The Hall–Kier alpha value is -1.10. The molecule has 0 radical (unpaired) electrons. The fourth-order valence-corrected chi connectivity index (χ4v) is 1.15. The van der Waals surface area contributed by atoms with Gasteiger partial charge in [-0.2, -0.15) is 4.98 Å². The Kier molecular flexibility index (Phi) is 4.39. The largest absolute Gasteiger partial charge is 0.293 e. The van der Waals surface area contributed by atoms with E-state index in [2.05, 4.69) is 20.5 Å². The highest BCUT2D eigenvalue weighted by Gasteiger charge is 2.04. The lowest BCUT2D eigenvalue weighted by atomic mass is 10.2. The Balaban J connectivity index is 2.27. The zero-order valence-electron chi connectivity index (χ0n) is 8.01. The van der Waals surface area contributed by atoms with Gasteiger partial charge in [-0.15, -0.1) is 16.7 Å². The van der Waals surface area contributed by atoms with Gasteiger partial charge < -0.3 is 0 Å². The number of halogens is 1. The number of aryl methyl sites for hydroxylation is 1. The standard InChI is InChI=1S/C8H13ClN4O/c1-6-10-8(13-12-6)11-7(14)4-2-3-5-9/h2-5H2,1H3,(H2,10,11,12,13,14). The molecule has 0 bridgehead atoms. The summed E-state index contributed by atoms with van der Waals surface area (Å²) >= 11 is 5.49. The molecule has 5 nitrogen and oxygen atoms in total. The highest BCUT2D eigenvalue weighted by molar-refractivity contribution is 6.17. The van der Waals surface area contributed by atoms with Crippen LogP contribution in [0.25, 0.3) is 0 Å². The van der Waals surface area contributed by atoms with Crippen molar-refractivity contribution in [3.63, 3.8) is 0 Å². The van der Waals surface area contributed by atoms with Gasteiger partial charge in [-0.3, -0.25) is 15.2 Å². The van der Waals surface area contributed by atoms with E-state index < -0.39 is 0 Å². The molecule has 0 aliphatic rings. The lowest BCUT2D eigenvalue weighted by Gasteiger charge is -1.98. The molecule has 0 atom stereocenters. The molecule has 0 aliphatic heterocycles.